The van der Waals surface area contributed by atoms with E-state index in [1.54, 1.807) is 6.07 Å². The van der Waals surface area contributed by atoms with Crippen LogP contribution in [0, 0.1) is 11.8 Å². The maximum Gasteiger partial charge on any atom is 0.352 e. The Kier molecular flexibility index (Phi) is 4.79. The normalized spacial score (nSPS) is 11.4. The second-order valence-corrected chi connectivity index (χ2v) is 5.45. The highest BCUT2D eigenvalue weighted by atomic mass is 16.4. The molecule has 0 aliphatic heterocycles. The first kappa shape index (κ1) is 13.8. The number of aromatic carboxylic acids is 1. The summed E-state index contributed by atoms with van der Waals surface area (Å²) < 4.78 is 1.95. The predicted octanol–water partition coefficient (Wildman–Crippen LogP) is 3.43. The van der Waals surface area contributed by atoms with E-state index in [-0.39, 0.29) is 0 Å². The SMILES string of the molecule is CC(C)CCc1ccc(C(=O)O)n1CC(C)C. The monoisotopic (exact) mass is 237 g/mol. The third-order valence-electron chi connectivity index (χ3n) is 2.82. The van der Waals surface area contributed by atoms with Crippen molar-refractivity contribution in [2.24, 2.45) is 11.8 Å². The van der Waals surface area contributed by atoms with E-state index in [0.717, 1.165) is 25.1 Å². The van der Waals surface area contributed by atoms with Gasteiger partial charge in [0.15, 0.2) is 0 Å². The van der Waals surface area contributed by atoms with Gasteiger partial charge < -0.3 is 9.67 Å². The Morgan fingerprint density at radius 1 is 1.24 bits per heavy atom. The quantitative estimate of drug-likeness (QED) is 0.823. The zero-order valence-corrected chi connectivity index (χ0v) is 11.2. The number of carboxylic acid groups (broad SMARTS) is 1. The van der Waals surface area contributed by atoms with Crippen LogP contribution in [0.25, 0.3) is 0 Å². The van der Waals surface area contributed by atoms with Crippen molar-refractivity contribution in [3.05, 3.63) is 23.5 Å². The first-order valence-electron chi connectivity index (χ1n) is 6.33. The summed E-state index contributed by atoms with van der Waals surface area (Å²) in [7, 11) is 0. The number of aromatic nitrogens is 1. The van der Waals surface area contributed by atoms with E-state index in [1.165, 1.54) is 0 Å². The van der Waals surface area contributed by atoms with Gasteiger partial charge in [-0.1, -0.05) is 27.7 Å². The van der Waals surface area contributed by atoms with Crippen LogP contribution in [-0.4, -0.2) is 15.6 Å². The highest BCUT2D eigenvalue weighted by Gasteiger charge is 2.14. The summed E-state index contributed by atoms with van der Waals surface area (Å²) in [5.74, 6) is 0.269. The molecule has 0 atom stereocenters. The number of nitrogens with zero attached hydrogens (tertiary/aromatic N) is 1. The van der Waals surface area contributed by atoms with Crippen LogP contribution in [0.5, 0.6) is 0 Å². The zero-order valence-electron chi connectivity index (χ0n) is 11.2. The highest BCUT2D eigenvalue weighted by molar-refractivity contribution is 5.86. The number of carboxylic acids is 1. The third-order valence-corrected chi connectivity index (χ3v) is 2.82. The summed E-state index contributed by atoms with van der Waals surface area (Å²) in [5.41, 5.74) is 1.56. The Morgan fingerprint density at radius 2 is 1.88 bits per heavy atom. The fourth-order valence-electron chi connectivity index (χ4n) is 1.93. The molecule has 0 bridgehead atoms. The maximum atomic E-state index is 11.1. The molecule has 1 aromatic heterocycles. The summed E-state index contributed by atoms with van der Waals surface area (Å²) in [5, 5.41) is 9.15. The van der Waals surface area contributed by atoms with Crippen LogP contribution in [0.3, 0.4) is 0 Å². The summed E-state index contributed by atoms with van der Waals surface area (Å²) >= 11 is 0. The molecule has 3 nitrogen and oxygen atoms in total. The Balaban J connectivity index is 2.92. The molecule has 0 aliphatic rings. The Morgan fingerprint density at radius 3 is 2.35 bits per heavy atom. The summed E-state index contributed by atoms with van der Waals surface area (Å²) in [4.78, 5) is 11.1. The van der Waals surface area contributed by atoms with Crippen molar-refractivity contribution >= 4 is 5.97 Å². The molecule has 0 radical (unpaired) electrons. The molecule has 0 amide bonds. The van der Waals surface area contributed by atoms with Gasteiger partial charge in [0, 0.05) is 12.2 Å². The van der Waals surface area contributed by atoms with E-state index >= 15 is 0 Å². The van der Waals surface area contributed by atoms with Crippen LogP contribution in [-0.2, 0) is 13.0 Å². The second-order valence-electron chi connectivity index (χ2n) is 5.45. The van der Waals surface area contributed by atoms with Crippen LogP contribution in [0.15, 0.2) is 12.1 Å². The molecule has 1 aromatic rings. The van der Waals surface area contributed by atoms with Crippen molar-refractivity contribution in [2.45, 2.75) is 47.1 Å². The molecule has 0 saturated carbocycles. The van der Waals surface area contributed by atoms with E-state index in [9.17, 15) is 4.79 Å². The number of hydrogen-bond donors (Lipinski definition) is 1. The summed E-state index contributed by atoms with van der Waals surface area (Å²) in [6, 6.07) is 3.68. The van der Waals surface area contributed by atoms with Crippen molar-refractivity contribution in [1.29, 1.82) is 0 Å². The molecule has 17 heavy (non-hydrogen) atoms. The molecule has 0 fully saturated rings. The van der Waals surface area contributed by atoms with Gasteiger partial charge in [-0.3, -0.25) is 0 Å². The minimum absolute atomic E-state index is 0.414. The number of aryl methyl sites for hydroxylation is 1. The van der Waals surface area contributed by atoms with E-state index in [2.05, 4.69) is 27.7 Å². The van der Waals surface area contributed by atoms with Gasteiger partial charge in [0.1, 0.15) is 5.69 Å². The lowest BCUT2D eigenvalue weighted by molar-refractivity contribution is 0.0684. The molecule has 3 heteroatoms. The van der Waals surface area contributed by atoms with E-state index in [1.807, 2.05) is 10.6 Å². The molecule has 0 aliphatic carbocycles. The second kappa shape index (κ2) is 5.89. The van der Waals surface area contributed by atoms with Crippen LogP contribution >= 0.6 is 0 Å². The van der Waals surface area contributed by atoms with Crippen molar-refractivity contribution in [3.8, 4) is 0 Å². The number of hydrogen-bond acceptors (Lipinski definition) is 1. The van der Waals surface area contributed by atoms with Gasteiger partial charge in [-0.25, -0.2) is 4.79 Å². The predicted molar refractivity (Wildman–Crippen MR) is 69.4 cm³/mol. The molecule has 1 heterocycles. The van der Waals surface area contributed by atoms with Gasteiger partial charge in [-0.15, -0.1) is 0 Å². The summed E-state index contributed by atoms with van der Waals surface area (Å²) in [6.45, 7) is 9.37. The molecule has 0 spiro atoms. The maximum absolute atomic E-state index is 11.1. The number of rotatable bonds is 6. The van der Waals surface area contributed by atoms with Gasteiger partial charge in [0.2, 0.25) is 0 Å². The highest BCUT2D eigenvalue weighted by Crippen LogP contribution is 2.16. The first-order chi connectivity index (χ1) is 7.91. The lowest BCUT2D eigenvalue weighted by atomic mass is 10.1. The standard InChI is InChI=1S/C14H23NO2/c1-10(2)5-6-12-7-8-13(14(16)17)15(12)9-11(3)4/h7-8,10-11H,5-6,9H2,1-4H3,(H,16,17). The summed E-state index contributed by atoms with van der Waals surface area (Å²) in [6.07, 6.45) is 2.05. The van der Waals surface area contributed by atoms with Crippen LogP contribution in [0.2, 0.25) is 0 Å². The van der Waals surface area contributed by atoms with E-state index in [0.29, 0.717) is 17.5 Å². The molecule has 1 rings (SSSR count). The van der Waals surface area contributed by atoms with Crippen molar-refractivity contribution in [1.82, 2.24) is 4.57 Å². The molecular formula is C14H23NO2. The third kappa shape index (κ3) is 3.91. The van der Waals surface area contributed by atoms with Gasteiger partial charge in [0.05, 0.1) is 0 Å². The molecule has 0 unspecified atom stereocenters. The van der Waals surface area contributed by atoms with Crippen LogP contribution in [0.4, 0.5) is 0 Å². The number of carbonyl (C=O) groups is 1. The smallest absolute Gasteiger partial charge is 0.352 e. The Bertz CT molecular complexity index is 378. The minimum atomic E-state index is -0.832. The lowest BCUT2D eigenvalue weighted by Gasteiger charge is -2.14. The molecule has 96 valence electrons. The Labute approximate surface area is 103 Å². The average molecular weight is 237 g/mol. The van der Waals surface area contributed by atoms with Crippen molar-refractivity contribution in [2.75, 3.05) is 0 Å². The first-order valence-corrected chi connectivity index (χ1v) is 6.33. The van der Waals surface area contributed by atoms with Gasteiger partial charge in [-0.2, -0.15) is 0 Å². The van der Waals surface area contributed by atoms with Gasteiger partial charge in [-0.05, 0) is 36.8 Å². The van der Waals surface area contributed by atoms with Crippen LogP contribution < -0.4 is 0 Å². The van der Waals surface area contributed by atoms with Gasteiger partial charge in [0.25, 0.3) is 0 Å². The molecule has 0 saturated heterocycles. The van der Waals surface area contributed by atoms with Crippen LogP contribution in [0.1, 0.15) is 50.3 Å². The average Bonchev–Trinajstić information content (AvgIpc) is 2.57. The fourth-order valence-corrected chi connectivity index (χ4v) is 1.93. The largest absolute Gasteiger partial charge is 0.477 e. The Hall–Kier alpha value is -1.25. The molecule has 0 aromatic carbocycles. The fraction of sp³-hybridized carbons (Fsp3) is 0.643. The zero-order chi connectivity index (χ0) is 13.0. The van der Waals surface area contributed by atoms with Crippen molar-refractivity contribution in [3.63, 3.8) is 0 Å². The van der Waals surface area contributed by atoms with Gasteiger partial charge >= 0.3 is 5.97 Å². The van der Waals surface area contributed by atoms with Crippen molar-refractivity contribution < 1.29 is 9.90 Å². The molecular weight excluding hydrogens is 214 g/mol. The lowest BCUT2D eigenvalue weighted by Crippen LogP contribution is -2.15. The minimum Gasteiger partial charge on any atom is -0.477 e. The topological polar surface area (TPSA) is 42.2 Å². The molecule has 1 N–H and O–H groups in total. The van der Waals surface area contributed by atoms with E-state index in [4.69, 9.17) is 5.11 Å². The van der Waals surface area contributed by atoms with E-state index < -0.39 is 5.97 Å².